The maximum absolute atomic E-state index is 10.2. The van der Waals surface area contributed by atoms with E-state index in [0.717, 1.165) is 11.3 Å². The highest BCUT2D eigenvalue weighted by Crippen LogP contribution is 2.34. The number of methoxy groups -OCH3 is 2. The van der Waals surface area contributed by atoms with Gasteiger partial charge in [0.2, 0.25) is 0 Å². The van der Waals surface area contributed by atoms with Crippen LogP contribution in [0.25, 0.3) is 0 Å². The first-order valence-electron chi connectivity index (χ1n) is 7.09. The standard InChI is InChI=1S/C15H20O7/c1-18-9-5-3-8(4-6-9)14-20-7-10-13(22-14)11(16)12(17)15(19-2)21-10/h3-6,10-17H,7H2,1-2H3/t10-,11-,12-,13-,14+,15-/m1/s1. The van der Waals surface area contributed by atoms with Gasteiger partial charge in [0.05, 0.1) is 13.7 Å². The van der Waals surface area contributed by atoms with E-state index in [0.29, 0.717) is 0 Å². The van der Waals surface area contributed by atoms with Crippen LogP contribution in [0.2, 0.25) is 0 Å². The average Bonchev–Trinajstić information content (AvgIpc) is 2.58. The summed E-state index contributed by atoms with van der Waals surface area (Å²) in [5.74, 6) is 0.733. The first-order valence-corrected chi connectivity index (χ1v) is 7.09. The average molecular weight is 312 g/mol. The molecule has 7 nitrogen and oxygen atoms in total. The minimum atomic E-state index is -1.17. The lowest BCUT2D eigenvalue weighted by molar-refractivity contribution is -0.358. The largest absolute Gasteiger partial charge is 0.497 e. The summed E-state index contributed by atoms with van der Waals surface area (Å²) in [6, 6.07) is 7.26. The van der Waals surface area contributed by atoms with Crippen molar-refractivity contribution in [2.24, 2.45) is 0 Å². The molecule has 3 rings (SSSR count). The number of aliphatic hydroxyl groups is 2. The van der Waals surface area contributed by atoms with Crippen molar-refractivity contribution in [1.29, 1.82) is 0 Å². The van der Waals surface area contributed by atoms with Crippen LogP contribution in [0.3, 0.4) is 0 Å². The molecule has 2 heterocycles. The summed E-state index contributed by atoms with van der Waals surface area (Å²) >= 11 is 0. The van der Waals surface area contributed by atoms with Crippen molar-refractivity contribution in [2.75, 3.05) is 20.8 Å². The number of rotatable bonds is 3. The molecule has 1 aromatic carbocycles. The maximum atomic E-state index is 10.2. The summed E-state index contributed by atoms with van der Waals surface area (Å²) in [5.41, 5.74) is 0.801. The van der Waals surface area contributed by atoms with Gasteiger partial charge >= 0.3 is 0 Å². The van der Waals surface area contributed by atoms with Crippen molar-refractivity contribution < 1.29 is 33.9 Å². The van der Waals surface area contributed by atoms with Crippen molar-refractivity contribution in [2.45, 2.75) is 37.0 Å². The van der Waals surface area contributed by atoms with Gasteiger partial charge < -0.3 is 33.9 Å². The first kappa shape index (κ1) is 15.7. The van der Waals surface area contributed by atoms with E-state index in [9.17, 15) is 10.2 Å². The molecule has 0 bridgehead atoms. The van der Waals surface area contributed by atoms with E-state index in [1.54, 1.807) is 19.2 Å². The van der Waals surface area contributed by atoms with E-state index in [-0.39, 0.29) is 6.61 Å². The molecule has 0 aliphatic carbocycles. The zero-order valence-corrected chi connectivity index (χ0v) is 12.4. The topological polar surface area (TPSA) is 86.6 Å². The van der Waals surface area contributed by atoms with Crippen LogP contribution in [0, 0.1) is 0 Å². The van der Waals surface area contributed by atoms with Crippen molar-refractivity contribution >= 4 is 0 Å². The normalized spacial score (nSPS) is 38.4. The molecule has 0 spiro atoms. The van der Waals surface area contributed by atoms with E-state index in [4.69, 9.17) is 23.7 Å². The van der Waals surface area contributed by atoms with E-state index < -0.39 is 37.0 Å². The van der Waals surface area contributed by atoms with Crippen molar-refractivity contribution in [1.82, 2.24) is 0 Å². The smallest absolute Gasteiger partial charge is 0.186 e. The minimum Gasteiger partial charge on any atom is -0.497 e. The van der Waals surface area contributed by atoms with Crippen LogP contribution in [0.1, 0.15) is 11.9 Å². The maximum Gasteiger partial charge on any atom is 0.186 e. The molecule has 1 aromatic rings. The Morgan fingerprint density at radius 2 is 1.77 bits per heavy atom. The van der Waals surface area contributed by atoms with Gasteiger partial charge in [-0.25, -0.2) is 0 Å². The molecule has 0 amide bonds. The molecule has 0 saturated carbocycles. The molecule has 7 heteroatoms. The van der Waals surface area contributed by atoms with E-state index in [2.05, 4.69) is 0 Å². The molecule has 0 unspecified atom stereocenters. The minimum absolute atomic E-state index is 0.241. The van der Waals surface area contributed by atoms with Crippen LogP contribution in [-0.4, -0.2) is 61.7 Å². The van der Waals surface area contributed by atoms with Crippen LogP contribution in [0.15, 0.2) is 24.3 Å². The predicted octanol–water partition coefficient (Wildman–Crippen LogP) is 0.202. The summed E-state index contributed by atoms with van der Waals surface area (Å²) in [6.07, 6.45) is -4.95. The third-order valence-electron chi connectivity index (χ3n) is 3.95. The summed E-state index contributed by atoms with van der Waals surface area (Å²) in [6.45, 7) is 0.241. The van der Waals surface area contributed by atoms with Crippen LogP contribution in [-0.2, 0) is 18.9 Å². The molecular formula is C15H20O7. The number of benzene rings is 1. The van der Waals surface area contributed by atoms with Crippen LogP contribution >= 0.6 is 0 Å². The lowest BCUT2D eigenvalue weighted by Crippen LogP contribution is -2.62. The Labute approximate surface area is 128 Å². The van der Waals surface area contributed by atoms with Crippen LogP contribution in [0.5, 0.6) is 5.75 Å². The highest BCUT2D eigenvalue weighted by Gasteiger charge is 2.48. The van der Waals surface area contributed by atoms with E-state index in [1.807, 2.05) is 12.1 Å². The van der Waals surface area contributed by atoms with E-state index >= 15 is 0 Å². The second-order valence-corrected chi connectivity index (χ2v) is 5.30. The number of fused-ring (bicyclic) bond motifs is 1. The third kappa shape index (κ3) is 2.83. The number of hydrogen-bond acceptors (Lipinski definition) is 7. The van der Waals surface area contributed by atoms with Gasteiger partial charge in [-0.2, -0.15) is 0 Å². The highest BCUT2D eigenvalue weighted by atomic mass is 16.7. The number of hydrogen-bond donors (Lipinski definition) is 2. The fraction of sp³-hybridized carbons (Fsp3) is 0.600. The molecule has 2 fully saturated rings. The Morgan fingerprint density at radius 1 is 1.05 bits per heavy atom. The van der Waals surface area contributed by atoms with E-state index in [1.165, 1.54) is 7.11 Å². The van der Waals surface area contributed by atoms with Gasteiger partial charge in [0.15, 0.2) is 12.6 Å². The SMILES string of the molecule is COc1ccc([C@H]2OC[C@H]3O[C@@H](OC)[C@H](O)[C@@H](O)[C@@H]3O2)cc1. The molecule has 2 aliphatic heterocycles. The molecule has 2 aliphatic rings. The van der Waals surface area contributed by atoms with Crippen LogP contribution in [0.4, 0.5) is 0 Å². The zero-order chi connectivity index (χ0) is 15.7. The summed E-state index contributed by atoms with van der Waals surface area (Å²) in [5, 5.41) is 20.2. The lowest BCUT2D eigenvalue weighted by atomic mass is 9.98. The molecule has 22 heavy (non-hydrogen) atoms. The van der Waals surface area contributed by atoms with Crippen molar-refractivity contribution in [3.05, 3.63) is 29.8 Å². The second-order valence-electron chi connectivity index (χ2n) is 5.30. The molecule has 0 aromatic heterocycles. The molecule has 2 saturated heterocycles. The molecule has 2 N–H and O–H groups in total. The van der Waals surface area contributed by atoms with Gasteiger partial charge in [-0.15, -0.1) is 0 Å². The number of ether oxygens (including phenoxy) is 5. The first-order chi connectivity index (χ1) is 10.6. The Bertz CT molecular complexity index is 489. The Hall–Kier alpha value is -1.22. The van der Waals surface area contributed by atoms with Gasteiger partial charge in [0, 0.05) is 12.7 Å². The predicted molar refractivity (Wildman–Crippen MR) is 74.2 cm³/mol. The Morgan fingerprint density at radius 3 is 2.41 bits per heavy atom. The summed E-state index contributed by atoms with van der Waals surface area (Å²) in [4.78, 5) is 0. The fourth-order valence-corrected chi connectivity index (χ4v) is 2.70. The van der Waals surface area contributed by atoms with Gasteiger partial charge in [0.25, 0.3) is 0 Å². The lowest BCUT2D eigenvalue weighted by Gasteiger charge is -2.45. The molecule has 0 radical (unpaired) electrons. The fourth-order valence-electron chi connectivity index (χ4n) is 2.70. The third-order valence-corrected chi connectivity index (χ3v) is 3.95. The second kappa shape index (κ2) is 6.49. The quantitative estimate of drug-likeness (QED) is 0.824. The van der Waals surface area contributed by atoms with Gasteiger partial charge in [-0.1, -0.05) is 12.1 Å². The highest BCUT2D eigenvalue weighted by molar-refractivity contribution is 5.28. The van der Waals surface area contributed by atoms with Gasteiger partial charge in [-0.05, 0) is 12.1 Å². The van der Waals surface area contributed by atoms with Crippen LogP contribution < -0.4 is 4.74 Å². The zero-order valence-electron chi connectivity index (χ0n) is 12.4. The Kier molecular flexibility index (Phi) is 4.62. The molecular weight excluding hydrogens is 292 g/mol. The Balaban J connectivity index is 1.72. The molecule has 6 atom stereocenters. The summed E-state index contributed by atoms with van der Waals surface area (Å²) in [7, 11) is 3.00. The monoisotopic (exact) mass is 312 g/mol. The van der Waals surface area contributed by atoms with Gasteiger partial charge in [0.1, 0.15) is 30.2 Å². The summed E-state index contributed by atoms with van der Waals surface area (Å²) < 4.78 is 27.1. The van der Waals surface area contributed by atoms with Crippen molar-refractivity contribution in [3.63, 3.8) is 0 Å². The number of aliphatic hydroxyl groups excluding tert-OH is 2. The van der Waals surface area contributed by atoms with Crippen molar-refractivity contribution in [3.8, 4) is 5.75 Å². The van der Waals surface area contributed by atoms with Gasteiger partial charge in [-0.3, -0.25) is 0 Å². The molecule has 122 valence electrons.